The average molecular weight is 486 g/mol. The van der Waals surface area contributed by atoms with Crippen molar-refractivity contribution in [1.82, 2.24) is 15.2 Å². The van der Waals surface area contributed by atoms with Crippen LogP contribution in [0.2, 0.25) is 5.02 Å². The maximum atomic E-state index is 13.2. The van der Waals surface area contributed by atoms with E-state index >= 15 is 0 Å². The second-order valence-electron chi connectivity index (χ2n) is 8.77. The third kappa shape index (κ3) is 5.68. The van der Waals surface area contributed by atoms with E-state index in [-0.39, 0.29) is 5.91 Å². The minimum absolute atomic E-state index is 0.0821. The number of amides is 1. The molecular weight excluding hydrogens is 454 g/mol. The molecule has 176 valence electrons. The van der Waals surface area contributed by atoms with Crippen molar-refractivity contribution in [3.05, 3.63) is 53.2 Å². The van der Waals surface area contributed by atoms with Crippen LogP contribution in [-0.4, -0.2) is 48.1 Å². The van der Waals surface area contributed by atoms with Crippen LogP contribution in [-0.2, 0) is 0 Å². The van der Waals surface area contributed by atoms with Gasteiger partial charge in [0.1, 0.15) is 11.4 Å². The first-order valence-corrected chi connectivity index (χ1v) is 12.8. The van der Waals surface area contributed by atoms with E-state index in [4.69, 9.17) is 16.3 Å². The molecule has 7 heteroatoms. The molecule has 1 saturated heterocycles. The normalized spacial score (nSPS) is 19.0. The number of aromatic amines is 1. The number of piperidine rings is 1. The summed E-state index contributed by atoms with van der Waals surface area (Å²) in [6, 6.07) is 14.8. The van der Waals surface area contributed by atoms with Crippen LogP contribution in [0.1, 0.15) is 50.0 Å². The highest BCUT2D eigenvalue weighted by atomic mass is 35.5. The zero-order valence-corrected chi connectivity index (χ0v) is 21.1. The summed E-state index contributed by atoms with van der Waals surface area (Å²) in [4.78, 5) is 21.0. The number of rotatable bonds is 8. The highest BCUT2D eigenvalue weighted by Crippen LogP contribution is 2.38. The molecule has 0 aliphatic carbocycles. The number of halogens is 1. The number of nitrogens with one attached hydrogen (secondary N) is 2. The summed E-state index contributed by atoms with van der Waals surface area (Å²) in [5.74, 6) is 0.671. The second kappa shape index (κ2) is 10.9. The van der Waals surface area contributed by atoms with Gasteiger partial charge in [-0.3, -0.25) is 9.69 Å². The Balaban J connectivity index is 1.49. The minimum atomic E-state index is -0.0821. The van der Waals surface area contributed by atoms with Crippen molar-refractivity contribution in [2.45, 2.75) is 61.4 Å². The van der Waals surface area contributed by atoms with Crippen LogP contribution in [0.3, 0.4) is 0 Å². The fourth-order valence-electron chi connectivity index (χ4n) is 4.63. The van der Waals surface area contributed by atoms with Gasteiger partial charge in [0.25, 0.3) is 5.91 Å². The fourth-order valence-corrected chi connectivity index (χ4v) is 5.80. The maximum Gasteiger partial charge on any atom is 0.268 e. The van der Waals surface area contributed by atoms with Gasteiger partial charge in [-0.05, 0) is 69.5 Å². The molecule has 1 fully saturated rings. The van der Waals surface area contributed by atoms with Gasteiger partial charge in [-0.25, -0.2) is 0 Å². The quantitative estimate of drug-likeness (QED) is 0.364. The van der Waals surface area contributed by atoms with Crippen molar-refractivity contribution in [1.29, 1.82) is 0 Å². The highest BCUT2D eigenvalue weighted by molar-refractivity contribution is 7.99. The van der Waals surface area contributed by atoms with Gasteiger partial charge in [0.05, 0.1) is 17.5 Å². The molecule has 1 aliphatic rings. The lowest BCUT2D eigenvalue weighted by Crippen LogP contribution is -2.44. The Morgan fingerprint density at radius 3 is 2.61 bits per heavy atom. The van der Waals surface area contributed by atoms with Crippen LogP contribution in [0.4, 0.5) is 0 Å². The van der Waals surface area contributed by atoms with Crippen LogP contribution in [0.5, 0.6) is 5.75 Å². The van der Waals surface area contributed by atoms with Gasteiger partial charge < -0.3 is 15.0 Å². The van der Waals surface area contributed by atoms with Gasteiger partial charge in [0.2, 0.25) is 0 Å². The number of likely N-dealkylation sites (tertiary alicyclic amines) is 1. The van der Waals surface area contributed by atoms with E-state index in [9.17, 15) is 4.79 Å². The summed E-state index contributed by atoms with van der Waals surface area (Å²) >= 11 is 7.62. The van der Waals surface area contributed by atoms with Crippen molar-refractivity contribution in [2.24, 2.45) is 0 Å². The molecule has 2 heterocycles. The van der Waals surface area contributed by atoms with E-state index in [0.29, 0.717) is 29.3 Å². The zero-order chi connectivity index (χ0) is 23.4. The number of H-pyrrole nitrogens is 1. The maximum absolute atomic E-state index is 13.2. The van der Waals surface area contributed by atoms with Gasteiger partial charge in [0, 0.05) is 46.5 Å². The minimum Gasteiger partial charge on any atom is -0.497 e. The molecular formula is C26H32ClN3O2S. The Morgan fingerprint density at radius 2 is 1.91 bits per heavy atom. The molecule has 5 nitrogen and oxygen atoms in total. The fraction of sp³-hybridized carbons (Fsp3) is 0.423. The lowest BCUT2D eigenvalue weighted by atomic mass is 9.97. The summed E-state index contributed by atoms with van der Waals surface area (Å²) < 4.78 is 5.37. The van der Waals surface area contributed by atoms with E-state index in [1.54, 1.807) is 18.9 Å². The molecule has 0 radical (unpaired) electrons. The van der Waals surface area contributed by atoms with Crippen LogP contribution in [0.15, 0.2) is 52.3 Å². The SMILES string of the molecule is COc1ccc2c(Sc3ccc(Cl)cc3)c(C(=O)NCCCN3[C@@H](C)CCC[C@@H]3C)[nH]c2c1. The van der Waals surface area contributed by atoms with Crippen LogP contribution < -0.4 is 10.1 Å². The van der Waals surface area contributed by atoms with Crippen molar-refractivity contribution in [3.8, 4) is 5.75 Å². The number of methoxy groups -OCH3 is 1. The summed E-state index contributed by atoms with van der Waals surface area (Å²) in [6.45, 7) is 6.29. The lowest BCUT2D eigenvalue weighted by molar-refractivity contribution is 0.0919. The predicted octanol–water partition coefficient (Wildman–Crippen LogP) is 6.36. The molecule has 3 aromatic rings. The summed E-state index contributed by atoms with van der Waals surface area (Å²) in [5, 5.41) is 4.82. The average Bonchev–Trinajstić information content (AvgIpc) is 3.17. The van der Waals surface area contributed by atoms with Gasteiger partial charge in [-0.1, -0.05) is 29.8 Å². The number of carbonyl (C=O) groups is 1. The molecule has 0 saturated carbocycles. The van der Waals surface area contributed by atoms with E-state index < -0.39 is 0 Å². The Labute approximate surface area is 205 Å². The number of fused-ring (bicyclic) bond motifs is 1. The van der Waals surface area contributed by atoms with Gasteiger partial charge >= 0.3 is 0 Å². The molecule has 0 spiro atoms. The van der Waals surface area contributed by atoms with Crippen molar-refractivity contribution < 1.29 is 9.53 Å². The van der Waals surface area contributed by atoms with Gasteiger partial charge in [-0.15, -0.1) is 0 Å². The Kier molecular flexibility index (Phi) is 7.89. The first kappa shape index (κ1) is 24.0. The number of carbonyl (C=O) groups excluding carboxylic acids is 1. The van der Waals surface area contributed by atoms with E-state index in [1.807, 2.05) is 42.5 Å². The smallest absolute Gasteiger partial charge is 0.268 e. The molecule has 0 unspecified atom stereocenters. The Morgan fingerprint density at radius 1 is 1.18 bits per heavy atom. The molecule has 2 atom stereocenters. The van der Waals surface area contributed by atoms with Crippen LogP contribution in [0, 0.1) is 0 Å². The van der Waals surface area contributed by atoms with E-state index in [0.717, 1.165) is 39.4 Å². The lowest BCUT2D eigenvalue weighted by Gasteiger charge is -2.39. The largest absolute Gasteiger partial charge is 0.497 e. The third-order valence-corrected chi connectivity index (χ3v) is 7.86. The van der Waals surface area contributed by atoms with E-state index in [1.165, 1.54) is 19.3 Å². The zero-order valence-electron chi connectivity index (χ0n) is 19.5. The van der Waals surface area contributed by atoms with Gasteiger partial charge in [0.15, 0.2) is 0 Å². The third-order valence-electron chi connectivity index (χ3n) is 6.47. The molecule has 1 aliphatic heterocycles. The number of hydrogen-bond acceptors (Lipinski definition) is 4. The van der Waals surface area contributed by atoms with Crippen LogP contribution >= 0.6 is 23.4 Å². The molecule has 0 bridgehead atoms. The second-order valence-corrected chi connectivity index (χ2v) is 10.3. The van der Waals surface area contributed by atoms with E-state index in [2.05, 4.69) is 29.0 Å². The highest BCUT2D eigenvalue weighted by Gasteiger charge is 2.24. The van der Waals surface area contributed by atoms with Crippen LogP contribution in [0.25, 0.3) is 10.9 Å². The molecule has 1 amide bonds. The Hall–Kier alpha value is -2.15. The monoisotopic (exact) mass is 485 g/mol. The molecule has 4 rings (SSSR count). The molecule has 33 heavy (non-hydrogen) atoms. The standard InChI is InChI=1S/C26H32ClN3O2S/c1-17-6-4-7-18(2)30(17)15-5-14-28-26(31)24-25(33-21-11-8-19(27)9-12-21)22-13-10-20(32-3)16-23(22)29-24/h8-13,16-18,29H,4-7,14-15H2,1-3H3,(H,28,31)/t17-,18-/m0/s1. The molecule has 2 N–H and O–H groups in total. The first-order valence-electron chi connectivity index (χ1n) is 11.6. The predicted molar refractivity (Wildman–Crippen MR) is 137 cm³/mol. The number of ether oxygens (including phenoxy) is 1. The number of benzene rings is 2. The first-order chi connectivity index (χ1) is 16.0. The van der Waals surface area contributed by atoms with Crippen molar-refractivity contribution in [2.75, 3.05) is 20.2 Å². The molecule has 1 aromatic heterocycles. The Bertz CT molecular complexity index is 1090. The number of nitrogens with zero attached hydrogens (tertiary/aromatic N) is 1. The summed E-state index contributed by atoms with van der Waals surface area (Å²) in [6.07, 6.45) is 4.78. The van der Waals surface area contributed by atoms with Gasteiger partial charge in [-0.2, -0.15) is 0 Å². The van der Waals surface area contributed by atoms with Crippen molar-refractivity contribution >= 4 is 40.2 Å². The topological polar surface area (TPSA) is 57.4 Å². The summed E-state index contributed by atoms with van der Waals surface area (Å²) in [5.41, 5.74) is 1.46. The molecule has 2 aromatic carbocycles. The number of aromatic nitrogens is 1. The number of hydrogen-bond donors (Lipinski definition) is 2. The summed E-state index contributed by atoms with van der Waals surface area (Å²) in [7, 11) is 1.64. The van der Waals surface area contributed by atoms with Crippen molar-refractivity contribution in [3.63, 3.8) is 0 Å².